The first kappa shape index (κ1) is 18.7. The molecule has 26 heavy (non-hydrogen) atoms. The molecule has 0 aliphatic rings. The molecular formula is C19H21N3O2S2. The molecule has 0 aliphatic heterocycles. The van der Waals surface area contributed by atoms with Crippen molar-refractivity contribution in [3.05, 3.63) is 64.9 Å². The molecule has 0 saturated heterocycles. The van der Waals surface area contributed by atoms with Crippen molar-refractivity contribution in [2.24, 2.45) is 0 Å². The molecule has 5 nitrogen and oxygen atoms in total. The lowest BCUT2D eigenvalue weighted by Crippen LogP contribution is -2.23. The lowest BCUT2D eigenvalue weighted by atomic mass is 10.1. The van der Waals surface area contributed by atoms with Gasteiger partial charge in [-0.05, 0) is 43.2 Å². The van der Waals surface area contributed by atoms with Crippen LogP contribution in [0.3, 0.4) is 0 Å². The van der Waals surface area contributed by atoms with Gasteiger partial charge in [-0.15, -0.1) is 11.3 Å². The maximum Gasteiger partial charge on any atom is 0.240 e. The van der Waals surface area contributed by atoms with Crippen LogP contribution in [0.15, 0.2) is 53.7 Å². The molecule has 136 valence electrons. The van der Waals surface area contributed by atoms with Crippen LogP contribution in [0.1, 0.15) is 29.5 Å². The van der Waals surface area contributed by atoms with Crippen LogP contribution in [-0.4, -0.2) is 18.4 Å². The van der Waals surface area contributed by atoms with E-state index in [0.717, 1.165) is 39.5 Å². The normalized spacial score (nSPS) is 11.6. The Bertz CT molecular complexity index is 966. The van der Waals surface area contributed by atoms with E-state index in [4.69, 9.17) is 0 Å². The predicted octanol–water partition coefficient (Wildman–Crippen LogP) is 3.94. The van der Waals surface area contributed by atoms with Crippen LogP contribution < -0.4 is 4.72 Å². The summed E-state index contributed by atoms with van der Waals surface area (Å²) in [7, 11) is -3.55. The minimum Gasteiger partial charge on any atom is -0.264 e. The number of sulfonamides is 1. The number of benzene rings is 1. The van der Waals surface area contributed by atoms with Gasteiger partial charge in [0.25, 0.3) is 0 Å². The predicted molar refractivity (Wildman–Crippen MR) is 105 cm³/mol. The number of thiazole rings is 1. The summed E-state index contributed by atoms with van der Waals surface area (Å²) in [5, 5.41) is 0.841. The summed E-state index contributed by atoms with van der Waals surface area (Å²) in [5.41, 5.74) is 2.90. The molecule has 0 amide bonds. The van der Waals surface area contributed by atoms with Crippen molar-refractivity contribution < 1.29 is 8.42 Å². The molecule has 2 aromatic heterocycles. The van der Waals surface area contributed by atoms with Crippen molar-refractivity contribution >= 4 is 21.4 Å². The fraction of sp³-hybridized carbons (Fsp3) is 0.263. The van der Waals surface area contributed by atoms with Crippen LogP contribution in [0.5, 0.6) is 0 Å². The molecule has 1 aromatic carbocycles. The quantitative estimate of drug-likeness (QED) is 0.666. The van der Waals surface area contributed by atoms with Crippen molar-refractivity contribution in [2.75, 3.05) is 0 Å². The number of aromatic nitrogens is 2. The van der Waals surface area contributed by atoms with Crippen LogP contribution in [0.2, 0.25) is 0 Å². The molecule has 3 rings (SSSR count). The maximum absolute atomic E-state index is 12.5. The highest BCUT2D eigenvalue weighted by Crippen LogP contribution is 2.27. The molecule has 0 aliphatic carbocycles. The van der Waals surface area contributed by atoms with E-state index in [1.807, 2.05) is 31.2 Å². The fourth-order valence-electron chi connectivity index (χ4n) is 2.57. The number of rotatable bonds is 7. The Hall–Kier alpha value is -2.09. The third-order valence-electron chi connectivity index (χ3n) is 4.00. The van der Waals surface area contributed by atoms with Crippen molar-refractivity contribution in [3.63, 3.8) is 0 Å². The number of hydrogen-bond acceptors (Lipinski definition) is 5. The molecule has 0 saturated carbocycles. The minimum atomic E-state index is -3.55. The standard InChI is InChI=1S/C19H21N3O2S2/c1-3-5-15-7-9-17(10-8-15)26(23,24)21-13-18-14(2)22-19(25-18)16-6-4-11-20-12-16/h4,6-12,21H,3,5,13H2,1-2H3. The number of aryl methyl sites for hydroxylation is 2. The molecule has 0 spiro atoms. The molecule has 0 fully saturated rings. The Labute approximate surface area is 158 Å². The number of hydrogen-bond donors (Lipinski definition) is 1. The minimum absolute atomic E-state index is 0.225. The Morgan fingerprint density at radius 3 is 2.58 bits per heavy atom. The Morgan fingerprint density at radius 1 is 1.15 bits per heavy atom. The Balaban J connectivity index is 1.73. The highest BCUT2D eigenvalue weighted by atomic mass is 32.2. The van der Waals surface area contributed by atoms with Gasteiger partial charge in [-0.2, -0.15) is 0 Å². The van der Waals surface area contributed by atoms with Crippen LogP contribution in [-0.2, 0) is 23.0 Å². The van der Waals surface area contributed by atoms with E-state index >= 15 is 0 Å². The van der Waals surface area contributed by atoms with Gasteiger partial charge in [0, 0.05) is 29.4 Å². The second-order valence-electron chi connectivity index (χ2n) is 5.99. The van der Waals surface area contributed by atoms with Gasteiger partial charge >= 0.3 is 0 Å². The summed E-state index contributed by atoms with van der Waals surface area (Å²) < 4.78 is 27.7. The molecule has 1 N–H and O–H groups in total. The summed E-state index contributed by atoms with van der Waals surface area (Å²) >= 11 is 1.48. The molecule has 0 unspecified atom stereocenters. The monoisotopic (exact) mass is 387 g/mol. The van der Waals surface area contributed by atoms with E-state index in [2.05, 4.69) is 21.6 Å². The van der Waals surface area contributed by atoms with Gasteiger partial charge in [0.15, 0.2) is 0 Å². The molecule has 0 radical (unpaired) electrons. The van der Waals surface area contributed by atoms with E-state index < -0.39 is 10.0 Å². The van der Waals surface area contributed by atoms with Gasteiger partial charge < -0.3 is 0 Å². The first-order valence-electron chi connectivity index (χ1n) is 8.45. The van der Waals surface area contributed by atoms with Crippen LogP contribution >= 0.6 is 11.3 Å². The number of pyridine rings is 1. The zero-order chi connectivity index (χ0) is 18.6. The van der Waals surface area contributed by atoms with Crippen molar-refractivity contribution in [2.45, 2.75) is 38.1 Å². The number of nitrogens with one attached hydrogen (secondary N) is 1. The largest absolute Gasteiger partial charge is 0.264 e. The lowest BCUT2D eigenvalue weighted by molar-refractivity contribution is 0.581. The summed E-state index contributed by atoms with van der Waals surface area (Å²) in [5.74, 6) is 0. The SMILES string of the molecule is CCCc1ccc(S(=O)(=O)NCc2sc(-c3cccnc3)nc2C)cc1. The van der Waals surface area contributed by atoms with Crippen LogP contribution in [0, 0.1) is 6.92 Å². The third kappa shape index (κ3) is 4.35. The molecule has 2 heterocycles. The molecule has 3 aromatic rings. The van der Waals surface area contributed by atoms with E-state index in [-0.39, 0.29) is 11.4 Å². The average molecular weight is 388 g/mol. The summed E-state index contributed by atoms with van der Waals surface area (Å²) in [6.45, 7) is 4.21. The van der Waals surface area contributed by atoms with E-state index in [1.165, 1.54) is 11.3 Å². The molecule has 0 atom stereocenters. The van der Waals surface area contributed by atoms with Crippen molar-refractivity contribution in [1.29, 1.82) is 0 Å². The van der Waals surface area contributed by atoms with Gasteiger partial charge in [0.05, 0.1) is 10.6 Å². The van der Waals surface area contributed by atoms with Gasteiger partial charge in [-0.1, -0.05) is 25.5 Å². The lowest BCUT2D eigenvalue weighted by Gasteiger charge is -2.07. The highest BCUT2D eigenvalue weighted by Gasteiger charge is 2.16. The number of nitrogens with zero attached hydrogens (tertiary/aromatic N) is 2. The van der Waals surface area contributed by atoms with Crippen LogP contribution in [0.4, 0.5) is 0 Å². The Morgan fingerprint density at radius 2 is 1.92 bits per heavy atom. The van der Waals surface area contributed by atoms with E-state index in [0.29, 0.717) is 0 Å². The first-order chi connectivity index (χ1) is 12.5. The van der Waals surface area contributed by atoms with Crippen LogP contribution in [0.25, 0.3) is 10.6 Å². The maximum atomic E-state index is 12.5. The van der Waals surface area contributed by atoms with E-state index in [9.17, 15) is 8.42 Å². The third-order valence-corrected chi connectivity index (χ3v) is 6.62. The van der Waals surface area contributed by atoms with E-state index in [1.54, 1.807) is 24.5 Å². The second kappa shape index (κ2) is 8.07. The zero-order valence-corrected chi connectivity index (χ0v) is 16.4. The average Bonchev–Trinajstić information content (AvgIpc) is 3.02. The van der Waals surface area contributed by atoms with Gasteiger partial charge in [-0.3, -0.25) is 4.98 Å². The summed E-state index contributed by atoms with van der Waals surface area (Å²) in [6, 6.07) is 10.9. The smallest absolute Gasteiger partial charge is 0.240 e. The van der Waals surface area contributed by atoms with Gasteiger partial charge in [0.1, 0.15) is 5.01 Å². The Kier molecular flexibility index (Phi) is 5.80. The summed E-state index contributed by atoms with van der Waals surface area (Å²) in [4.78, 5) is 9.81. The topological polar surface area (TPSA) is 72.0 Å². The molecule has 0 bridgehead atoms. The van der Waals surface area contributed by atoms with Crippen molar-refractivity contribution in [1.82, 2.24) is 14.7 Å². The second-order valence-corrected chi connectivity index (χ2v) is 8.84. The highest BCUT2D eigenvalue weighted by molar-refractivity contribution is 7.89. The summed E-state index contributed by atoms with van der Waals surface area (Å²) in [6.07, 6.45) is 5.45. The first-order valence-corrected chi connectivity index (χ1v) is 10.7. The van der Waals surface area contributed by atoms with Crippen molar-refractivity contribution in [3.8, 4) is 10.6 Å². The van der Waals surface area contributed by atoms with Gasteiger partial charge in [0.2, 0.25) is 10.0 Å². The fourth-order valence-corrected chi connectivity index (χ4v) is 4.65. The molecular weight excluding hydrogens is 366 g/mol. The molecule has 7 heteroatoms. The zero-order valence-electron chi connectivity index (χ0n) is 14.8. The van der Waals surface area contributed by atoms with Gasteiger partial charge in [-0.25, -0.2) is 18.1 Å².